The van der Waals surface area contributed by atoms with E-state index in [2.05, 4.69) is 62.1 Å². The standard InChI is InChI=1S/C24H34/c1-3-5-6-10-22-17-19-24(20-18-22)12-8-7-11-23-15-13-21(9-4-2)14-16-23/h7,11,17-21,23H,3-6,9-10,13-16H2,1-2H3/t21-,23-. The average Bonchev–Trinajstić information content (AvgIpc) is 2.62. The van der Waals surface area contributed by atoms with Crippen molar-refractivity contribution in [2.45, 2.75) is 78.1 Å². The van der Waals surface area contributed by atoms with Gasteiger partial charge in [-0.1, -0.05) is 69.6 Å². The molecule has 0 atom stereocenters. The Bertz CT molecular complexity index is 530. The van der Waals surface area contributed by atoms with Crippen molar-refractivity contribution < 1.29 is 0 Å². The van der Waals surface area contributed by atoms with Crippen molar-refractivity contribution in [2.75, 3.05) is 0 Å². The molecular weight excluding hydrogens is 288 g/mol. The third kappa shape index (κ3) is 6.96. The van der Waals surface area contributed by atoms with Crippen molar-refractivity contribution in [1.29, 1.82) is 0 Å². The van der Waals surface area contributed by atoms with Crippen molar-refractivity contribution in [2.24, 2.45) is 11.8 Å². The van der Waals surface area contributed by atoms with Gasteiger partial charge < -0.3 is 0 Å². The van der Waals surface area contributed by atoms with Crippen LogP contribution >= 0.6 is 0 Å². The van der Waals surface area contributed by atoms with Crippen LogP contribution in [0, 0.1) is 23.7 Å². The van der Waals surface area contributed by atoms with E-state index in [4.69, 9.17) is 0 Å². The summed E-state index contributed by atoms with van der Waals surface area (Å²) in [6.07, 6.45) is 17.8. The molecule has 0 aliphatic heterocycles. The second kappa shape index (κ2) is 11.1. The Labute approximate surface area is 149 Å². The molecule has 24 heavy (non-hydrogen) atoms. The zero-order valence-corrected chi connectivity index (χ0v) is 15.7. The average molecular weight is 323 g/mol. The maximum absolute atomic E-state index is 3.27. The highest BCUT2D eigenvalue weighted by Crippen LogP contribution is 2.31. The zero-order valence-electron chi connectivity index (χ0n) is 15.7. The smallest absolute Gasteiger partial charge is 0.0249 e. The zero-order chi connectivity index (χ0) is 17.0. The van der Waals surface area contributed by atoms with Gasteiger partial charge in [-0.05, 0) is 74.1 Å². The molecule has 1 saturated carbocycles. The summed E-state index contributed by atoms with van der Waals surface area (Å²) in [6.45, 7) is 4.56. The Morgan fingerprint density at radius 3 is 2.38 bits per heavy atom. The Morgan fingerprint density at radius 1 is 0.958 bits per heavy atom. The lowest BCUT2D eigenvalue weighted by Gasteiger charge is -2.26. The summed E-state index contributed by atoms with van der Waals surface area (Å²) in [7, 11) is 0. The van der Waals surface area contributed by atoms with Crippen LogP contribution in [0.2, 0.25) is 0 Å². The fourth-order valence-corrected chi connectivity index (χ4v) is 3.72. The summed E-state index contributed by atoms with van der Waals surface area (Å²) in [5, 5.41) is 0. The molecule has 0 aromatic heterocycles. The molecule has 0 N–H and O–H groups in total. The highest BCUT2D eigenvalue weighted by molar-refractivity contribution is 5.38. The van der Waals surface area contributed by atoms with Crippen LogP contribution in [-0.4, -0.2) is 0 Å². The minimum absolute atomic E-state index is 0.758. The third-order valence-electron chi connectivity index (χ3n) is 5.28. The van der Waals surface area contributed by atoms with E-state index >= 15 is 0 Å². The van der Waals surface area contributed by atoms with Crippen molar-refractivity contribution in [1.82, 2.24) is 0 Å². The third-order valence-corrected chi connectivity index (χ3v) is 5.28. The van der Waals surface area contributed by atoms with Crippen molar-refractivity contribution >= 4 is 0 Å². The molecule has 0 spiro atoms. The van der Waals surface area contributed by atoms with Crippen LogP contribution in [0.15, 0.2) is 36.4 Å². The first-order valence-electron chi connectivity index (χ1n) is 10.1. The maximum Gasteiger partial charge on any atom is 0.0249 e. The van der Waals surface area contributed by atoms with Gasteiger partial charge in [-0.25, -0.2) is 0 Å². The van der Waals surface area contributed by atoms with E-state index in [1.54, 1.807) is 0 Å². The van der Waals surface area contributed by atoms with Gasteiger partial charge in [0.2, 0.25) is 0 Å². The van der Waals surface area contributed by atoms with E-state index in [-0.39, 0.29) is 0 Å². The van der Waals surface area contributed by atoms with Crippen LogP contribution in [0.1, 0.15) is 82.8 Å². The van der Waals surface area contributed by atoms with Crippen molar-refractivity contribution in [3.05, 3.63) is 47.5 Å². The minimum Gasteiger partial charge on any atom is -0.0730 e. The lowest BCUT2D eigenvalue weighted by atomic mass is 9.80. The van der Waals surface area contributed by atoms with Gasteiger partial charge in [-0.15, -0.1) is 0 Å². The van der Waals surface area contributed by atoms with E-state index in [0.717, 1.165) is 17.4 Å². The Morgan fingerprint density at radius 2 is 1.71 bits per heavy atom. The Kier molecular flexibility index (Phi) is 8.75. The maximum atomic E-state index is 3.27. The van der Waals surface area contributed by atoms with Gasteiger partial charge in [0.25, 0.3) is 0 Å². The molecule has 1 aliphatic rings. The summed E-state index contributed by atoms with van der Waals surface area (Å²) in [5.41, 5.74) is 2.57. The number of unbranched alkanes of at least 4 members (excludes halogenated alkanes) is 2. The van der Waals surface area contributed by atoms with Gasteiger partial charge >= 0.3 is 0 Å². The SMILES string of the molecule is CCCCCc1ccc(C#CC=C[C@H]2CC[C@H](CCC)CC2)cc1. The highest BCUT2D eigenvalue weighted by atomic mass is 14.2. The van der Waals surface area contributed by atoms with E-state index in [1.807, 2.05) is 0 Å². The molecule has 0 bridgehead atoms. The minimum atomic E-state index is 0.758. The van der Waals surface area contributed by atoms with E-state index in [9.17, 15) is 0 Å². The molecule has 0 saturated heterocycles. The van der Waals surface area contributed by atoms with Gasteiger partial charge in [0, 0.05) is 5.56 Å². The summed E-state index contributed by atoms with van der Waals surface area (Å²) in [6, 6.07) is 8.80. The molecule has 0 unspecified atom stereocenters. The van der Waals surface area contributed by atoms with Gasteiger partial charge in [-0.2, -0.15) is 0 Å². The Balaban J connectivity index is 1.74. The molecule has 2 rings (SSSR count). The molecule has 0 radical (unpaired) electrons. The van der Waals surface area contributed by atoms with Gasteiger partial charge in [0.1, 0.15) is 0 Å². The number of allylic oxidation sites excluding steroid dienone is 2. The van der Waals surface area contributed by atoms with Gasteiger partial charge in [0.15, 0.2) is 0 Å². The molecule has 1 aromatic carbocycles. The monoisotopic (exact) mass is 322 g/mol. The lowest BCUT2D eigenvalue weighted by molar-refractivity contribution is 0.294. The number of hydrogen-bond donors (Lipinski definition) is 0. The van der Waals surface area contributed by atoms with Crippen LogP contribution in [-0.2, 0) is 6.42 Å². The van der Waals surface area contributed by atoms with E-state index < -0.39 is 0 Å². The second-order valence-corrected chi connectivity index (χ2v) is 7.35. The molecule has 0 heterocycles. The summed E-state index contributed by atoms with van der Waals surface area (Å²) >= 11 is 0. The van der Waals surface area contributed by atoms with Crippen molar-refractivity contribution in [3.63, 3.8) is 0 Å². The van der Waals surface area contributed by atoms with Crippen molar-refractivity contribution in [3.8, 4) is 11.8 Å². The van der Waals surface area contributed by atoms with Crippen LogP contribution in [0.25, 0.3) is 0 Å². The predicted molar refractivity (Wildman–Crippen MR) is 106 cm³/mol. The first kappa shape index (κ1) is 18.9. The Hall–Kier alpha value is -1.48. The number of hydrogen-bond acceptors (Lipinski definition) is 0. The first-order valence-corrected chi connectivity index (χ1v) is 10.1. The molecule has 0 amide bonds. The molecule has 130 valence electrons. The molecule has 1 aromatic rings. The molecule has 0 heteroatoms. The lowest BCUT2D eigenvalue weighted by Crippen LogP contribution is -2.12. The van der Waals surface area contributed by atoms with Crippen LogP contribution in [0.5, 0.6) is 0 Å². The number of rotatable bonds is 7. The fraction of sp³-hybridized carbons (Fsp3) is 0.583. The number of benzene rings is 1. The van der Waals surface area contributed by atoms with Crippen LogP contribution in [0.4, 0.5) is 0 Å². The topological polar surface area (TPSA) is 0 Å². The molecule has 1 fully saturated rings. The van der Waals surface area contributed by atoms with Crippen LogP contribution < -0.4 is 0 Å². The van der Waals surface area contributed by atoms with E-state index in [0.29, 0.717) is 0 Å². The quantitative estimate of drug-likeness (QED) is 0.377. The molecular formula is C24H34. The largest absolute Gasteiger partial charge is 0.0730 e. The fourth-order valence-electron chi connectivity index (χ4n) is 3.72. The summed E-state index contributed by atoms with van der Waals surface area (Å²) in [4.78, 5) is 0. The predicted octanol–water partition coefficient (Wildman–Crippen LogP) is 6.93. The van der Waals surface area contributed by atoms with Crippen LogP contribution in [0.3, 0.4) is 0 Å². The summed E-state index contributed by atoms with van der Waals surface area (Å²) in [5.74, 6) is 8.24. The van der Waals surface area contributed by atoms with Gasteiger partial charge in [-0.3, -0.25) is 0 Å². The molecule has 1 aliphatic carbocycles. The number of aryl methyl sites for hydroxylation is 1. The molecule has 0 nitrogen and oxygen atoms in total. The first-order chi connectivity index (χ1) is 11.8. The highest BCUT2D eigenvalue weighted by Gasteiger charge is 2.18. The summed E-state index contributed by atoms with van der Waals surface area (Å²) < 4.78 is 0. The van der Waals surface area contributed by atoms with Gasteiger partial charge in [0.05, 0.1) is 0 Å². The van der Waals surface area contributed by atoms with E-state index in [1.165, 1.54) is 69.8 Å². The second-order valence-electron chi connectivity index (χ2n) is 7.35. The normalized spacial score (nSPS) is 20.8.